The van der Waals surface area contributed by atoms with Gasteiger partial charge in [-0.15, -0.1) is 0 Å². The number of carboxylic acid groups (broad SMARTS) is 1. The first-order valence-corrected chi connectivity index (χ1v) is 4.04. The molecule has 2 N–H and O–H groups in total. The van der Waals surface area contributed by atoms with Crippen molar-refractivity contribution in [2.75, 3.05) is 0 Å². The van der Waals surface area contributed by atoms with Crippen LogP contribution in [0.2, 0.25) is 0 Å². The fraction of sp³-hybridized carbons (Fsp3) is 0.875. The number of carbonyl (C=O) groups excluding carboxylic acids is 1. The fourth-order valence-corrected chi connectivity index (χ4v) is 1.75. The van der Waals surface area contributed by atoms with Gasteiger partial charge in [0.25, 0.3) is 0 Å². The van der Waals surface area contributed by atoms with Crippen LogP contribution in [0.5, 0.6) is 0 Å². The first-order valence-electron chi connectivity index (χ1n) is 4.04. The number of nitrogens with two attached hydrogens (primary N) is 1. The number of carbonyl (C=O) groups is 1. The molecule has 0 heterocycles. The molecule has 11 heavy (non-hydrogen) atoms. The predicted octanol–water partition coefficient (Wildman–Crippen LogP) is -0.356. The van der Waals surface area contributed by atoms with Crippen LogP contribution in [0.25, 0.3) is 0 Å². The summed E-state index contributed by atoms with van der Waals surface area (Å²) in [7, 11) is 0. The van der Waals surface area contributed by atoms with Gasteiger partial charge in [-0.25, -0.2) is 0 Å². The van der Waals surface area contributed by atoms with Gasteiger partial charge in [0, 0.05) is 17.4 Å². The van der Waals surface area contributed by atoms with Crippen molar-refractivity contribution in [3.63, 3.8) is 0 Å². The molecule has 0 aromatic carbocycles. The molecule has 1 rings (SSSR count). The molecule has 0 radical (unpaired) electrons. The third kappa shape index (κ3) is 1.71. The maximum Gasteiger partial charge on any atom is 0.0463 e. The smallest absolute Gasteiger partial charge is 0.0463 e. The summed E-state index contributed by atoms with van der Waals surface area (Å²) in [6.07, 6.45) is 3.48. The summed E-state index contributed by atoms with van der Waals surface area (Å²) in [5.74, 6) is -1.44. The summed E-state index contributed by atoms with van der Waals surface area (Å²) >= 11 is 0. The zero-order valence-electron chi connectivity index (χ0n) is 6.80. The van der Waals surface area contributed by atoms with Crippen LogP contribution >= 0.6 is 0 Å². The van der Waals surface area contributed by atoms with Crippen LogP contribution in [-0.4, -0.2) is 11.5 Å². The molecule has 0 amide bonds. The van der Waals surface area contributed by atoms with Crippen LogP contribution in [0.4, 0.5) is 0 Å². The number of aliphatic carboxylic acids is 1. The first kappa shape index (κ1) is 8.53. The molecule has 0 aromatic rings. The zero-order chi connectivity index (χ0) is 8.48. The quantitative estimate of drug-likeness (QED) is 0.564. The lowest BCUT2D eigenvalue weighted by atomic mass is 9.75. The molecular formula is C8H14NO2-. The molecule has 0 aliphatic heterocycles. The van der Waals surface area contributed by atoms with Gasteiger partial charge in [0.2, 0.25) is 0 Å². The Morgan fingerprint density at radius 3 is 2.64 bits per heavy atom. The van der Waals surface area contributed by atoms with Crippen LogP contribution in [-0.2, 0) is 4.79 Å². The average molecular weight is 156 g/mol. The van der Waals surface area contributed by atoms with E-state index in [4.69, 9.17) is 5.73 Å². The summed E-state index contributed by atoms with van der Waals surface area (Å²) in [5.41, 5.74) is 5.26. The van der Waals surface area contributed by atoms with Crippen LogP contribution in [0.3, 0.4) is 0 Å². The van der Waals surface area contributed by atoms with Gasteiger partial charge in [0.1, 0.15) is 0 Å². The van der Waals surface area contributed by atoms with Crippen LogP contribution in [0.1, 0.15) is 32.6 Å². The van der Waals surface area contributed by atoms with Crippen molar-refractivity contribution in [1.82, 2.24) is 0 Å². The van der Waals surface area contributed by atoms with Crippen molar-refractivity contribution in [3.05, 3.63) is 0 Å². The highest BCUT2D eigenvalue weighted by Crippen LogP contribution is 2.30. The lowest BCUT2D eigenvalue weighted by molar-refractivity contribution is -0.314. The molecule has 0 aromatic heterocycles. The van der Waals surface area contributed by atoms with E-state index in [1.807, 2.05) is 0 Å². The van der Waals surface area contributed by atoms with E-state index in [1.54, 1.807) is 6.92 Å². The Labute approximate surface area is 66.6 Å². The molecule has 3 nitrogen and oxygen atoms in total. The molecule has 1 aliphatic carbocycles. The third-order valence-electron chi connectivity index (χ3n) is 2.54. The average Bonchev–Trinajstić information content (AvgIpc) is 1.85. The molecule has 2 atom stereocenters. The number of hydrogen-bond donors (Lipinski definition) is 1. The summed E-state index contributed by atoms with van der Waals surface area (Å²) < 4.78 is 0. The Morgan fingerprint density at radius 2 is 2.27 bits per heavy atom. The van der Waals surface area contributed by atoms with E-state index in [1.165, 1.54) is 0 Å². The third-order valence-corrected chi connectivity index (χ3v) is 2.54. The molecule has 2 unspecified atom stereocenters. The molecule has 0 saturated heterocycles. The SMILES string of the molecule is CC1(N)CCCCC1C(=O)[O-]. The molecule has 1 fully saturated rings. The standard InChI is InChI=1S/C8H15NO2/c1-8(9)5-3-2-4-6(8)7(10)11/h6H,2-5,9H2,1H3,(H,10,11)/p-1. The lowest BCUT2D eigenvalue weighted by Gasteiger charge is -2.38. The molecule has 1 aliphatic rings. The minimum atomic E-state index is -0.991. The van der Waals surface area contributed by atoms with E-state index in [2.05, 4.69) is 0 Å². The van der Waals surface area contributed by atoms with Crippen molar-refractivity contribution in [1.29, 1.82) is 0 Å². The van der Waals surface area contributed by atoms with Gasteiger partial charge in [0.15, 0.2) is 0 Å². The van der Waals surface area contributed by atoms with Crippen molar-refractivity contribution in [2.24, 2.45) is 11.7 Å². The number of carboxylic acids is 1. The Bertz CT molecular complexity index is 165. The fourth-order valence-electron chi connectivity index (χ4n) is 1.75. The second kappa shape index (κ2) is 2.81. The number of hydrogen-bond acceptors (Lipinski definition) is 3. The summed E-state index contributed by atoms with van der Waals surface area (Å²) in [5, 5.41) is 10.6. The molecule has 3 heteroatoms. The van der Waals surface area contributed by atoms with Gasteiger partial charge in [-0.05, 0) is 19.8 Å². The molecular weight excluding hydrogens is 142 g/mol. The first-order chi connectivity index (χ1) is 5.04. The Kier molecular flexibility index (Phi) is 2.18. The van der Waals surface area contributed by atoms with Gasteiger partial charge in [-0.2, -0.15) is 0 Å². The van der Waals surface area contributed by atoms with E-state index in [-0.39, 0.29) is 0 Å². The summed E-state index contributed by atoms with van der Waals surface area (Å²) in [6.45, 7) is 1.80. The van der Waals surface area contributed by atoms with E-state index >= 15 is 0 Å². The lowest BCUT2D eigenvalue weighted by Crippen LogP contribution is -2.53. The van der Waals surface area contributed by atoms with Gasteiger partial charge in [-0.1, -0.05) is 12.8 Å². The monoisotopic (exact) mass is 156 g/mol. The van der Waals surface area contributed by atoms with E-state index < -0.39 is 17.4 Å². The second-order valence-electron chi connectivity index (χ2n) is 3.62. The van der Waals surface area contributed by atoms with Gasteiger partial charge < -0.3 is 15.6 Å². The Morgan fingerprint density at radius 1 is 1.64 bits per heavy atom. The summed E-state index contributed by atoms with van der Waals surface area (Å²) in [4.78, 5) is 10.6. The molecule has 0 bridgehead atoms. The Balaban J connectivity index is 2.67. The highest BCUT2D eigenvalue weighted by atomic mass is 16.4. The topological polar surface area (TPSA) is 66.2 Å². The predicted molar refractivity (Wildman–Crippen MR) is 39.6 cm³/mol. The van der Waals surface area contributed by atoms with E-state index in [0.29, 0.717) is 6.42 Å². The van der Waals surface area contributed by atoms with Crippen LogP contribution in [0, 0.1) is 5.92 Å². The van der Waals surface area contributed by atoms with Crippen molar-refractivity contribution in [3.8, 4) is 0 Å². The van der Waals surface area contributed by atoms with Crippen molar-refractivity contribution >= 4 is 5.97 Å². The molecule has 1 saturated carbocycles. The maximum atomic E-state index is 10.6. The molecule has 64 valence electrons. The van der Waals surface area contributed by atoms with Crippen molar-refractivity contribution in [2.45, 2.75) is 38.1 Å². The van der Waals surface area contributed by atoms with E-state index in [9.17, 15) is 9.90 Å². The summed E-state index contributed by atoms with van der Waals surface area (Å²) in [6, 6.07) is 0. The largest absolute Gasteiger partial charge is 0.550 e. The maximum absolute atomic E-state index is 10.6. The minimum Gasteiger partial charge on any atom is -0.550 e. The minimum absolute atomic E-state index is 0.448. The van der Waals surface area contributed by atoms with Crippen LogP contribution in [0.15, 0.2) is 0 Å². The van der Waals surface area contributed by atoms with Gasteiger partial charge >= 0.3 is 0 Å². The second-order valence-corrected chi connectivity index (χ2v) is 3.62. The number of rotatable bonds is 1. The zero-order valence-corrected chi connectivity index (χ0v) is 6.80. The van der Waals surface area contributed by atoms with Gasteiger partial charge in [-0.3, -0.25) is 0 Å². The van der Waals surface area contributed by atoms with Crippen LogP contribution < -0.4 is 10.8 Å². The van der Waals surface area contributed by atoms with E-state index in [0.717, 1.165) is 19.3 Å². The Hall–Kier alpha value is -0.570. The van der Waals surface area contributed by atoms with Crippen molar-refractivity contribution < 1.29 is 9.90 Å². The highest BCUT2D eigenvalue weighted by Gasteiger charge is 2.33. The highest BCUT2D eigenvalue weighted by molar-refractivity contribution is 5.69. The molecule has 0 spiro atoms. The van der Waals surface area contributed by atoms with Gasteiger partial charge in [0.05, 0.1) is 0 Å². The normalized spacial score (nSPS) is 38.5.